The first-order valence-electron chi connectivity index (χ1n) is 7.22. The third-order valence-corrected chi connectivity index (χ3v) is 4.70. The van der Waals surface area contributed by atoms with E-state index in [1.54, 1.807) is 24.3 Å². The molecule has 118 valence electrons. The summed E-state index contributed by atoms with van der Waals surface area (Å²) in [5, 5.41) is 1.06. The van der Waals surface area contributed by atoms with Crippen molar-refractivity contribution in [2.75, 3.05) is 6.26 Å². The van der Waals surface area contributed by atoms with Crippen molar-refractivity contribution in [1.82, 2.24) is 4.98 Å². The molecule has 0 amide bonds. The molecule has 0 atom stereocenters. The van der Waals surface area contributed by atoms with Crippen molar-refractivity contribution in [3.8, 4) is 5.75 Å². The Morgan fingerprint density at radius 3 is 2.43 bits per heavy atom. The number of hydrogen-bond donors (Lipinski definition) is 0. The van der Waals surface area contributed by atoms with E-state index in [9.17, 15) is 8.42 Å². The van der Waals surface area contributed by atoms with Crippen LogP contribution in [0.1, 0.15) is 11.3 Å². The fraction of sp³-hybridized carbons (Fsp3) is 0.167. The minimum atomic E-state index is -3.18. The van der Waals surface area contributed by atoms with Crippen LogP contribution in [0.15, 0.2) is 59.5 Å². The molecule has 23 heavy (non-hydrogen) atoms. The summed E-state index contributed by atoms with van der Waals surface area (Å²) in [6.45, 7) is 2.36. The zero-order chi connectivity index (χ0) is 16.4. The van der Waals surface area contributed by atoms with Crippen LogP contribution in [0.2, 0.25) is 0 Å². The molecular formula is C18H17NO3S. The number of benzene rings is 2. The van der Waals surface area contributed by atoms with Gasteiger partial charge in [-0.15, -0.1) is 0 Å². The van der Waals surface area contributed by atoms with Gasteiger partial charge < -0.3 is 4.74 Å². The molecule has 0 bridgehead atoms. The van der Waals surface area contributed by atoms with E-state index in [0.29, 0.717) is 12.4 Å². The van der Waals surface area contributed by atoms with Crippen LogP contribution in [0.3, 0.4) is 0 Å². The lowest BCUT2D eigenvalue weighted by molar-refractivity contribution is 0.307. The van der Waals surface area contributed by atoms with Gasteiger partial charge >= 0.3 is 0 Å². The molecule has 0 unspecified atom stereocenters. The molecule has 0 aliphatic heterocycles. The average Bonchev–Trinajstić information content (AvgIpc) is 2.52. The maximum Gasteiger partial charge on any atom is 0.175 e. The Balaban J connectivity index is 1.84. The van der Waals surface area contributed by atoms with Crippen LogP contribution in [0.5, 0.6) is 5.75 Å². The number of sulfone groups is 1. The summed E-state index contributed by atoms with van der Waals surface area (Å²) in [4.78, 5) is 4.79. The van der Waals surface area contributed by atoms with E-state index in [1.165, 1.54) is 6.26 Å². The number of para-hydroxylation sites is 1. The van der Waals surface area contributed by atoms with E-state index >= 15 is 0 Å². The first-order chi connectivity index (χ1) is 10.9. The fourth-order valence-electron chi connectivity index (χ4n) is 2.46. The smallest absolute Gasteiger partial charge is 0.175 e. The van der Waals surface area contributed by atoms with Crippen LogP contribution in [-0.2, 0) is 16.4 Å². The maximum absolute atomic E-state index is 11.5. The zero-order valence-electron chi connectivity index (χ0n) is 13.0. The van der Waals surface area contributed by atoms with Gasteiger partial charge in [0, 0.05) is 22.9 Å². The summed E-state index contributed by atoms with van der Waals surface area (Å²) in [6, 6.07) is 16.4. The molecule has 0 aliphatic carbocycles. The van der Waals surface area contributed by atoms with E-state index in [0.717, 1.165) is 22.2 Å². The van der Waals surface area contributed by atoms with Gasteiger partial charge in [-0.2, -0.15) is 0 Å². The number of rotatable bonds is 4. The van der Waals surface area contributed by atoms with E-state index in [-0.39, 0.29) is 4.90 Å². The number of aromatic nitrogens is 1. The second kappa shape index (κ2) is 6.01. The van der Waals surface area contributed by atoms with Gasteiger partial charge in [-0.1, -0.05) is 18.2 Å². The van der Waals surface area contributed by atoms with Crippen LogP contribution in [0.25, 0.3) is 10.9 Å². The Bertz CT molecular complexity index is 948. The summed E-state index contributed by atoms with van der Waals surface area (Å²) in [5.41, 5.74) is 2.94. The Kier molecular flexibility index (Phi) is 4.05. The maximum atomic E-state index is 11.5. The summed E-state index contributed by atoms with van der Waals surface area (Å²) in [7, 11) is -3.18. The van der Waals surface area contributed by atoms with Crippen LogP contribution < -0.4 is 4.74 Å². The normalized spacial score (nSPS) is 11.6. The van der Waals surface area contributed by atoms with Gasteiger partial charge in [0.2, 0.25) is 0 Å². The van der Waals surface area contributed by atoms with E-state index < -0.39 is 9.84 Å². The highest BCUT2D eigenvalue weighted by Crippen LogP contribution is 2.21. The second-order valence-corrected chi connectivity index (χ2v) is 7.49. The fourth-order valence-corrected chi connectivity index (χ4v) is 3.09. The van der Waals surface area contributed by atoms with Crippen molar-refractivity contribution < 1.29 is 13.2 Å². The van der Waals surface area contributed by atoms with Crippen molar-refractivity contribution in [2.45, 2.75) is 18.4 Å². The second-order valence-electron chi connectivity index (χ2n) is 5.47. The summed E-state index contributed by atoms with van der Waals surface area (Å²) < 4.78 is 28.7. The quantitative estimate of drug-likeness (QED) is 0.735. The number of hydrogen-bond acceptors (Lipinski definition) is 4. The highest BCUT2D eigenvalue weighted by molar-refractivity contribution is 7.90. The largest absolute Gasteiger partial charge is 0.489 e. The van der Waals surface area contributed by atoms with Gasteiger partial charge in [0.15, 0.2) is 9.84 Å². The third-order valence-electron chi connectivity index (χ3n) is 3.58. The van der Waals surface area contributed by atoms with Crippen molar-refractivity contribution in [1.29, 1.82) is 0 Å². The Morgan fingerprint density at radius 2 is 1.74 bits per heavy atom. The summed E-state index contributed by atoms with van der Waals surface area (Å²) >= 11 is 0. The number of pyridine rings is 1. The monoisotopic (exact) mass is 327 g/mol. The van der Waals surface area contributed by atoms with Gasteiger partial charge in [-0.05, 0) is 43.3 Å². The molecule has 2 aromatic carbocycles. The number of nitrogens with zero attached hydrogens (tertiary/aromatic N) is 1. The lowest BCUT2D eigenvalue weighted by Gasteiger charge is -2.10. The average molecular weight is 327 g/mol. The minimum Gasteiger partial charge on any atom is -0.489 e. The third kappa shape index (κ3) is 3.51. The highest BCUT2D eigenvalue weighted by Gasteiger charge is 2.08. The van der Waals surface area contributed by atoms with E-state index in [1.807, 2.05) is 37.3 Å². The Labute approximate surface area is 135 Å². The Morgan fingerprint density at radius 1 is 1.04 bits per heavy atom. The molecule has 0 aliphatic rings. The molecule has 0 saturated carbocycles. The molecule has 3 rings (SSSR count). The van der Waals surface area contributed by atoms with Gasteiger partial charge in [0.25, 0.3) is 0 Å². The van der Waals surface area contributed by atoms with Crippen molar-refractivity contribution in [3.63, 3.8) is 0 Å². The van der Waals surface area contributed by atoms with Gasteiger partial charge in [-0.25, -0.2) is 8.42 Å². The molecule has 0 radical (unpaired) electrons. The van der Waals surface area contributed by atoms with Gasteiger partial charge in [0.05, 0.1) is 10.4 Å². The van der Waals surface area contributed by atoms with Crippen LogP contribution in [0, 0.1) is 6.92 Å². The molecule has 0 fully saturated rings. The molecule has 1 aromatic heterocycles. The van der Waals surface area contributed by atoms with Crippen LogP contribution in [-0.4, -0.2) is 19.7 Å². The van der Waals surface area contributed by atoms with Crippen LogP contribution >= 0.6 is 0 Å². The molecule has 1 heterocycles. The molecule has 0 spiro atoms. The minimum absolute atomic E-state index is 0.287. The number of aryl methyl sites for hydroxylation is 1. The number of ether oxygens (including phenoxy) is 1. The van der Waals surface area contributed by atoms with Crippen LogP contribution in [0.4, 0.5) is 0 Å². The molecule has 5 heteroatoms. The standard InChI is InChI=1S/C18H17NO3S/c1-13-11-14(17-5-3-4-6-18(17)19-13)12-22-15-7-9-16(10-8-15)23(2,20)21/h3-11H,12H2,1-2H3. The molecule has 4 nitrogen and oxygen atoms in total. The van der Waals surface area contributed by atoms with Gasteiger partial charge in [-0.3, -0.25) is 4.98 Å². The first kappa shape index (κ1) is 15.5. The topological polar surface area (TPSA) is 56.3 Å². The predicted octanol–water partition coefficient (Wildman–Crippen LogP) is 3.53. The molecule has 0 saturated heterocycles. The van der Waals surface area contributed by atoms with Crippen molar-refractivity contribution >= 4 is 20.7 Å². The van der Waals surface area contributed by atoms with Crippen molar-refractivity contribution in [3.05, 3.63) is 65.9 Å². The SMILES string of the molecule is Cc1cc(COc2ccc(S(C)(=O)=O)cc2)c2ccccc2n1. The number of fused-ring (bicyclic) bond motifs is 1. The van der Waals surface area contributed by atoms with Crippen molar-refractivity contribution in [2.24, 2.45) is 0 Å². The van der Waals surface area contributed by atoms with E-state index in [2.05, 4.69) is 4.98 Å². The molecule has 3 aromatic rings. The van der Waals surface area contributed by atoms with E-state index in [4.69, 9.17) is 4.74 Å². The first-order valence-corrected chi connectivity index (χ1v) is 9.11. The highest BCUT2D eigenvalue weighted by atomic mass is 32.2. The predicted molar refractivity (Wildman–Crippen MR) is 90.4 cm³/mol. The molecule has 0 N–H and O–H groups in total. The summed E-state index contributed by atoms with van der Waals surface area (Å²) in [5.74, 6) is 0.635. The summed E-state index contributed by atoms with van der Waals surface area (Å²) in [6.07, 6.45) is 1.19. The Hall–Kier alpha value is -2.40. The lowest BCUT2D eigenvalue weighted by Crippen LogP contribution is -2.00. The molecular weight excluding hydrogens is 310 g/mol. The lowest BCUT2D eigenvalue weighted by atomic mass is 10.1. The van der Waals surface area contributed by atoms with Gasteiger partial charge in [0.1, 0.15) is 12.4 Å². The zero-order valence-corrected chi connectivity index (χ0v) is 13.8.